The third-order valence-electron chi connectivity index (χ3n) is 5.36. The van der Waals surface area contributed by atoms with Crippen LogP contribution in [0.15, 0.2) is 42.5 Å². The number of anilines is 3. The zero-order valence-electron chi connectivity index (χ0n) is 16.1. The van der Waals surface area contributed by atoms with Gasteiger partial charge in [0.1, 0.15) is 5.82 Å². The molecule has 1 saturated carbocycles. The molecule has 0 spiro atoms. The van der Waals surface area contributed by atoms with Crippen molar-refractivity contribution in [1.82, 2.24) is 9.97 Å². The Bertz CT molecular complexity index is 945. The second kappa shape index (κ2) is 7.43. The first kappa shape index (κ1) is 17.6. The SMILES string of the molecule is CN(C)c1ccccc1-c1ccc2nc(N)nc(NC3CCCCC3)c2c1. The van der Waals surface area contributed by atoms with Gasteiger partial charge in [0.05, 0.1) is 5.52 Å². The molecule has 4 rings (SSSR count). The fourth-order valence-electron chi connectivity index (χ4n) is 3.97. The van der Waals surface area contributed by atoms with E-state index in [1.807, 2.05) is 6.07 Å². The molecule has 140 valence electrons. The molecule has 3 aromatic rings. The largest absolute Gasteiger partial charge is 0.377 e. The summed E-state index contributed by atoms with van der Waals surface area (Å²) in [5, 5.41) is 4.67. The van der Waals surface area contributed by atoms with E-state index in [2.05, 4.69) is 70.7 Å². The highest BCUT2D eigenvalue weighted by molar-refractivity contribution is 5.95. The molecule has 0 bridgehead atoms. The van der Waals surface area contributed by atoms with Gasteiger partial charge in [-0.2, -0.15) is 4.98 Å². The van der Waals surface area contributed by atoms with Crippen LogP contribution < -0.4 is 16.0 Å². The molecule has 2 aromatic carbocycles. The van der Waals surface area contributed by atoms with Gasteiger partial charge in [0, 0.05) is 36.8 Å². The van der Waals surface area contributed by atoms with Crippen molar-refractivity contribution in [2.24, 2.45) is 0 Å². The number of nitrogens with zero attached hydrogens (tertiary/aromatic N) is 3. The Balaban J connectivity index is 1.79. The number of benzene rings is 2. The highest BCUT2D eigenvalue weighted by atomic mass is 15.1. The first-order chi connectivity index (χ1) is 13.1. The quantitative estimate of drug-likeness (QED) is 0.706. The van der Waals surface area contributed by atoms with E-state index in [0.717, 1.165) is 22.3 Å². The summed E-state index contributed by atoms with van der Waals surface area (Å²) in [4.78, 5) is 11.1. The Kier molecular flexibility index (Phi) is 4.84. The summed E-state index contributed by atoms with van der Waals surface area (Å²) < 4.78 is 0. The van der Waals surface area contributed by atoms with Crippen molar-refractivity contribution < 1.29 is 0 Å². The molecule has 1 aliphatic rings. The average Bonchev–Trinajstić information content (AvgIpc) is 2.68. The summed E-state index contributed by atoms with van der Waals surface area (Å²) in [7, 11) is 4.14. The van der Waals surface area contributed by atoms with E-state index in [-0.39, 0.29) is 0 Å². The van der Waals surface area contributed by atoms with E-state index in [0.29, 0.717) is 12.0 Å². The minimum absolute atomic E-state index is 0.322. The van der Waals surface area contributed by atoms with E-state index in [1.165, 1.54) is 43.4 Å². The smallest absolute Gasteiger partial charge is 0.222 e. The van der Waals surface area contributed by atoms with Gasteiger partial charge >= 0.3 is 0 Å². The molecule has 1 aliphatic carbocycles. The molecule has 1 aromatic heterocycles. The molecule has 5 heteroatoms. The number of nitrogens with two attached hydrogens (primary N) is 1. The minimum atomic E-state index is 0.322. The predicted molar refractivity (Wildman–Crippen MR) is 114 cm³/mol. The second-order valence-corrected chi connectivity index (χ2v) is 7.55. The molecule has 27 heavy (non-hydrogen) atoms. The van der Waals surface area contributed by atoms with Crippen LogP contribution in [0.25, 0.3) is 22.0 Å². The van der Waals surface area contributed by atoms with E-state index >= 15 is 0 Å². The monoisotopic (exact) mass is 361 g/mol. The van der Waals surface area contributed by atoms with Gasteiger partial charge in [-0.15, -0.1) is 0 Å². The summed E-state index contributed by atoms with van der Waals surface area (Å²) in [6, 6.07) is 15.2. The van der Waals surface area contributed by atoms with Gasteiger partial charge in [0.25, 0.3) is 0 Å². The lowest BCUT2D eigenvalue weighted by Crippen LogP contribution is -2.23. The van der Waals surface area contributed by atoms with E-state index < -0.39 is 0 Å². The zero-order valence-corrected chi connectivity index (χ0v) is 16.1. The summed E-state index contributed by atoms with van der Waals surface area (Å²) in [6.07, 6.45) is 6.26. The maximum absolute atomic E-state index is 5.97. The second-order valence-electron chi connectivity index (χ2n) is 7.55. The summed E-state index contributed by atoms with van der Waals surface area (Å²) in [5.41, 5.74) is 10.4. The van der Waals surface area contributed by atoms with Gasteiger partial charge in [-0.3, -0.25) is 0 Å². The fraction of sp³-hybridized carbons (Fsp3) is 0.364. The van der Waals surface area contributed by atoms with Crippen molar-refractivity contribution in [3.8, 4) is 11.1 Å². The normalized spacial score (nSPS) is 15.0. The molecule has 5 nitrogen and oxygen atoms in total. The molecule has 0 aliphatic heterocycles. The van der Waals surface area contributed by atoms with Gasteiger partial charge < -0.3 is 16.0 Å². The Morgan fingerprint density at radius 3 is 2.56 bits per heavy atom. The van der Waals surface area contributed by atoms with Crippen molar-refractivity contribution >= 4 is 28.4 Å². The van der Waals surface area contributed by atoms with Crippen LogP contribution in [0.2, 0.25) is 0 Å². The van der Waals surface area contributed by atoms with Crippen LogP contribution in [0, 0.1) is 0 Å². The van der Waals surface area contributed by atoms with Gasteiger partial charge in [0.15, 0.2) is 0 Å². The lowest BCUT2D eigenvalue weighted by molar-refractivity contribution is 0.462. The van der Waals surface area contributed by atoms with Crippen LogP contribution in [0.1, 0.15) is 32.1 Å². The molecular weight excluding hydrogens is 334 g/mol. The molecule has 3 N–H and O–H groups in total. The van der Waals surface area contributed by atoms with Crippen molar-refractivity contribution in [2.45, 2.75) is 38.1 Å². The standard InChI is InChI=1S/C22H27N5/c1-27(2)20-11-7-6-10-17(20)15-12-13-19-18(14-15)21(26-22(23)25-19)24-16-8-4-3-5-9-16/h6-7,10-14,16H,3-5,8-9H2,1-2H3,(H3,23,24,25,26). The fourth-order valence-corrected chi connectivity index (χ4v) is 3.97. The number of fused-ring (bicyclic) bond motifs is 1. The molecule has 1 fully saturated rings. The number of nitrogens with one attached hydrogen (secondary N) is 1. The highest BCUT2D eigenvalue weighted by Gasteiger charge is 2.16. The van der Waals surface area contributed by atoms with Crippen LogP contribution in [-0.2, 0) is 0 Å². The Labute approximate surface area is 160 Å². The first-order valence-corrected chi connectivity index (χ1v) is 9.72. The van der Waals surface area contributed by atoms with Gasteiger partial charge in [-0.25, -0.2) is 4.98 Å². The van der Waals surface area contributed by atoms with E-state index in [9.17, 15) is 0 Å². The lowest BCUT2D eigenvalue weighted by atomic mass is 9.95. The lowest BCUT2D eigenvalue weighted by Gasteiger charge is -2.24. The molecule has 1 heterocycles. The molecular formula is C22H27N5. The molecule has 0 atom stereocenters. The highest BCUT2D eigenvalue weighted by Crippen LogP contribution is 2.34. The number of aromatic nitrogens is 2. The van der Waals surface area contributed by atoms with Crippen LogP contribution >= 0.6 is 0 Å². The zero-order chi connectivity index (χ0) is 18.8. The van der Waals surface area contributed by atoms with Crippen molar-refractivity contribution in [1.29, 1.82) is 0 Å². The third kappa shape index (κ3) is 3.68. The Morgan fingerprint density at radius 2 is 1.78 bits per heavy atom. The summed E-state index contributed by atoms with van der Waals surface area (Å²) >= 11 is 0. The first-order valence-electron chi connectivity index (χ1n) is 9.72. The number of para-hydroxylation sites is 1. The van der Waals surface area contributed by atoms with Crippen LogP contribution in [-0.4, -0.2) is 30.1 Å². The van der Waals surface area contributed by atoms with Gasteiger partial charge in [0.2, 0.25) is 5.95 Å². The number of hydrogen-bond acceptors (Lipinski definition) is 5. The van der Waals surface area contributed by atoms with Gasteiger partial charge in [-0.05, 0) is 36.6 Å². The Hall–Kier alpha value is -2.82. The summed E-state index contributed by atoms with van der Waals surface area (Å²) in [5.74, 6) is 1.18. The molecule has 0 amide bonds. The van der Waals surface area contributed by atoms with E-state index in [4.69, 9.17) is 5.73 Å². The maximum atomic E-state index is 5.97. The molecule has 0 saturated heterocycles. The van der Waals surface area contributed by atoms with Crippen LogP contribution in [0.5, 0.6) is 0 Å². The average molecular weight is 361 g/mol. The van der Waals surface area contributed by atoms with Crippen molar-refractivity contribution in [2.75, 3.05) is 30.0 Å². The topological polar surface area (TPSA) is 67.1 Å². The third-order valence-corrected chi connectivity index (χ3v) is 5.36. The Morgan fingerprint density at radius 1 is 1.00 bits per heavy atom. The number of hydrogen-bond donors (Lipinski definition) is 2. The van der Waals surface area contributed by atoms with Gasteiger partial charge in [-0.1, -0.05) is 43.5 Å². The van der Waals surface area contributed by atoms with Crippen LogP contribution in [0.4, 0.5) is 17.5 Å². The number of nitrogen functional groups attached to an aromatic ring is 1. The van der Waals surface area contributed by atoms with E-state index in [1.54, 1.807) is 0 Å². The maximum Gasteiger partial charge on any atom is 0.222 e. The van der Waals surface area contributed by atoms with Crippen molar-refractivity contribution in [3.63, 3.8) is 0 Å². The number of rotatable bonds is 4. The van der Waals surface area contributed by atoms with Crippen molar-refractivity contribution in [3.05, 3.63) is 42.5 Å². The predicted octanol–water partition coefficient (Wildman–Crippen LogP) is 4.69. The van der Waals surface area contributed by atoms with Crippen LogP contribution in [0.3, 0.4) is 0 Å². The minimum Gasteiger partial charge on any atom is -0.377 e. The molecule has 0 unspecified atom stereocenters. The summed E-state index contributed by atoms with van der Waals surface area (Å²) in [6.45, 7) is 0. The molecule has 0 radical (unpaired) electrons.